The highest BCUT2D eigenvalue weighted by Gasteiger charge is 2.46. The summed E-state index contributed by atoms with van der Waals surface area (Å²) in [6.07, 6.45) is 11.8. The van der Waals surface area contributed by atoms with E-state index in [0.29, 0.717) is 5.91 Å². The molecule has 3 aliphatic heterocycles. The van der Waals surface area contributed by atoms with Crippen LogP contribution in [0.2, 0.25) is 0 Å². The van der Waals surface area contributed by atoms with Crippen LogP contribution in [0, 0.1) is 0 Å². The smallest absolute Gasteiger partial charge is 0.223 e. The summed E-state index contributed by atoms with van der Waals surface area (Å²) in [4.78, 5) is 17.4. The molecule has 3 aliphatic rings. The summed E-state index contributed by atoms with van der Waals surface area (Å²) in [6, 6.07) is 0. The summed E-state index contributed by atoms with van der Waals surface area (Å²) in [6.45, 7) is 7.85. The number of hydrogen-bond donors (Lipinski definition) is 0. The number of carbonyl (C=O) groups is 1. The number of ether oxygens (including phenoxy) is 1. The summed E-state index contributed by atoms with van der Waals surface area (Å²) in [5, 5.41) is 4.40. The second-order valence-corrected chi connectivity index (χ2v) is 8.20. The van der Waals surface area contributed by atoms with E-state index >= 15 is 0 Å². The molecular formula is C20H32N4O2. The minimum absolute atomic E-state index is 0.0748. The molecule has 4 rings (SSSR count). The number of carbonyl (C=O) groups excluding carboxylic acids is 1. The highest BCUT2D eigenvalue weighted by molar-refractivity contribution is 5.79. The molecule has 0 aromatic carbocycles. The number of likely N-dealkylation sites (tertiary alicyclic amines) is 2. The van der Waals surface area contributed by atoms with E-state index < -0.39 is 0 Å². The molecule has 6 heteroatoms. The normalized spacial score (nSPS) is 30.4. The van der Waals surface area contributed by atoms with Crippen LogP contribution in [-0.2, 0) is 22.6 Å². The Kier molecular flexibility index (Phi) is 5.32. The van der Waals surface area contributed by atoms with Crippen LogP contribution >= 0.6 is 0 Å². The highest BCUT2D eigenvalue weighted by Crippen LogP contribution is 2.40. The molecule has 4 heterocycles. The molecule has 1 aromatic heterocycles. The van der Waals surface area contributed by atoms with E-state index in [4.69, 9.17) is 4.74 Å². The molecule has 2 atom stereocenters. The van der Waals surface area contributed by atoms with Crippen LogP contribution in [0.25, 0.3) is 0 Å². The Morgan fingerprint density at radius 3 is 2.96 bits per heavy atom. The van der Waals surface area contributed by atoms with Crippen molar-refractivity contribution in [3.8, 4) is 0 Å². The van der Waals surface area contributed by atoms with Crippen molar-refractivity contribution in [1.82, 2.24) is 19.6 Å². The maximum Gasteiger partial charge on any atom is 0.223 e. The molecule has 144 valence electrons. The molecule has 0 aliphatic carbocycles. The topological polar surface area (TPSA) is 50.6 Å². The third-order valence-electron chi connectivity index (χ3n) is 6.51. The zero-order valence-corrected chi connectivity index (χ0v) is 16.0. The number of hydrogen-bond acceptors (Lipinski definition) is 4. The number of nitrogens with zero attached hydrogens (tertiary/aromatic N) is 4. The second kappa shape index (κ2) is 7.69. The van der Waals surface area contributed by atoms with Gasteiger partial charge in [-0.25, -0.2) is 0 Å². The SMILES string of the molecule is CCn1cc(CN2CCC[C@@]3(CCC(=O)N3C[C@@H]3CCCO3)CC2)cn1. The fraction of sp³-hybridized carbons (Fsp3) is 0.800. The van der Waals surface area contributed by atoms with Gasteiger partial charge in [0.05, 0.1) is 12.3 Å². The van der Waals surface area contributed by atoms with Crippen LogP contribution in [0.3, 0.4) is 0 Å². The van der Waals surface area contributed by atoms with Crippen molar-refractivity contribution in [1.29, 1.82) is 0 Å². The van der Waals surface area contributed by atoms with E-state index in [-0.39, 0.29) is 11.6 Å². The van der Waals surface area contributed by atoms with E-state index in [9.17, 15) is 4.79 Å². The number of amides is 1. The Balaban J connectivity index is 1.40. The van der Waals surface area contributed by atoms with Crippen molar-refractivity contribution >= 4 is 5.91 Å². The maximum atomic E-state index is 12.6. The van der Waals surface area contributed by atoms with Crippen molar-refractivity contribution in [3.05, 3.63) is 18.0 Å². The van der Waals surface area contributed by atoms with Crippen molar-refractivity contribution in [3.63, 3.8) is 0 Å². The number of rotatable bonds is 5. The van der Waals surface area contributed by atoms with Gasteiger partial charge < -0.3 is 9.64 Å². The van der Waals surface area contributed by atoms with Gasteiger partial charge >= 0.3 is 0 Å². The minimum Gasteiger partial charge on any atom is -0.376 e. The van der Waals surface area contributed by atoms with Gasteiger partial charge in [-0.15, -0.1) is 0 Å². The van der Waals surface area contributed by atoms with Crippen LogP contribution in [0.4, 0.5) is 0 Å². The minimum atomic E-state index is 0.0748. The average Bonchev–Trinajstić information content (AvgIpc) is 3.34. The van der Waals surface area contributed by atoms with Gasteiger partial charge in [-0.05, 0) is 52.0 Å². The van der Waals surface area contributed by atoms with Crippen LogP contribution in [-0.4, -0.2) is 63.4 Å². The summed E-state index contributed by atoms with van der Waals surface area (Å²) in [5.41, 5.74) is 1.37. The lowest BCUT2D eigenvalue weighted by molar-refractivity contribution is -0.133. The van der Waals surface area contributed by atoms with Gasteiger partial charge in [0.15, 0.2) is 0 Å². The van der Waals surface area contributed by atoms with Crippen LogP contribution in [0.1, 0.15) is 57.4 Å². The Bertz CT molecular complexity index is 625. The largest absolute Gasteiger partial charge is 0.376 e. The molecule has 0 saturated carbocycles. The van der Waals surface area contributed by atoms with Crippen molar-refractivity contribution in [2.75, 3.05) is 26.2 Å². The first-order valence-electron chi connectivity index (χ1n) is 10.3. The molecule has 0 radical (unpaired) electrons. The Labute approximate surface area is 156 Å². The van der Waals surface area contributed by atoms with E-state index in [0.717, 1.165) is 84.3 Å². The van der Waals surface area contributed by atoms with E-state index in [1.165, 1.54) is 5.56 Å². The van der Waals surface area contributed by atoms with Gasteiger partial charge in [0.25, 0.3) is 0 Å². The van der Waals surface area contributed by atoms with Gasteiger partial charge in [0.1, 0.15) is 0 Å². The Morgan fingerprint density at radius 1 is 1.27 bits per heavy atom. The molecular weight excluding hydrogens is 328 g/mol. The highest BCUT2D eigenvalue weighted by atomic mass is 16.5. The van der Waals surface area contributed by atoms with Crippen LogP contribution in [0.15, 0.2) is 12.4 Å². The first kappa shape index (κ1) is 18.0. The van der Waals surface area contributed by atoms with Crippen LogP contribution < -0.4 is 0 Å². The lowest BCUT2D eigenvalue weighted by Gasteiger charge is -2.39. The van der Waals surface area contributed by atoms with E-state index in [1.54, 1.807) is 0 Å². The van der Waals surface area contributed by atoms with Gasteiger partial charge in [0.2, 0.25) is 5.91 Å². The summed E-state index contributed by atoms with van der Waals surface area (Å²) in [5.74, 6) is 0.346. The molecule has 6 nitrogen and oxygen atoms in total. The lowest BCUT2D eigenvalue weighted by Crippen LogP contribution is -2.49. The first-order valence-corrected chi connectivity index (χ1v) is 10.3. The summed E-state index contributed by atoms with van der Waals surface area (Å²) >= 11 is 0. The van der Waals surface area contributed by atoms with E-state index in [2.05, 4.69) is 28.0 Å². The lowest BCUT2D eigenvalue weighted by atomic mass is 9.87. The standard InChI is InChI=1S/C20H32N4O2/c1-2-23-15-17(13-21-23)14-22-10-4-7-20(9-11-22)8-6-19(25)24(20)16-18-5-3-12-26-18/h13,15,18H,2-12,14,16H2,1H3/t18-,20+/m0/s1. The summed E-state index contributed by atoms with van der Waals surface area (Å²) < 4.78 is 7.82. The van der Waals surface area contributed by atoms with Gasteiger partial charge in [-0.2, -0.15) is 5.10 Å². The third-order valence-corrected chi connectivity index (χ3v) is 6.51. The van der Waals surface area contributed by atoms with Crippen molar-refractivity contribution in [2.45, 2.75) is 76.6 Å². The number of aryl methyl sites for hydroxylation is 1. The van der Waals surface area contributed by atoms with E-state index in [1.807, 2.05) is 10.9 Å². The quantitative estimate of drug-likeness (QED) is 0.809. The maximum absolute atomic E-state index is 12.6. The summed E-state index contributed by atoms with van der Waals surface area (Å²) in [7, 11) is 0. The zero-order valence-electron chi connectivity index (χ0n) is 16.0. The predicted molar refractivity (Wildman–Crippen MR) is 99.7 cm³/mol. The Morgan fingerprint density at radius 2 is 2.19 bits per heavy atom. The fourth-order valence-corrected chi connectivity index (χ4v) is 4.99. The monoisotopic (exact) mass is 360 g/mol. The van der Waals surface area contributed by atoms with Gasteiger partial charge in [-0.1, -0.05) is 0 Å². The molecule has 26 heavy (non-hydrogen) atoms. The van der Waals surface area contributed by atoms with Crippen molar-refractivity contribution in [2.24, 2.45) is 0 Å². The molecule has 1 amide bonds. The van der Waals surface area contributed by atoms with Gasteiger partial charge in [0, 0.05) is 56.5 Å². The van der Waals surface area contributed by atoms with Gasteiger partial charge in [-0.3, -0.25) is 14.4 Å². The molecule has 3 saturated heterocycles. The number of aromatic nitrogens is 2. The molecule has 1 spiro atoms. The van der Waals surface area contributed by atoms with Crippen molar-refractivity contribution < 1.29 is 9.53 Å². The van der Waals surface area contributed by atoms with Crippen LogP contribution in [0.5, 0.6) is 0 Å². The Hall–Kier alpha value is -1.40. The average molecular weight is 361 g/mol. The molecule has 0 unspecified atom stereocenters. The molecule has 1 aromatic rings. The molecule has 0 bridgehead atoms. The molecule has 3 fully saturated rings. The fourth-order valence-electron chi connectivity index (χ4n) is 4.99. The zero-order chi connectivity index (χ0) is 18.0. The predicted octanol–water partition coefficient (Wildman–Crippen LogP) is 2.43. The third kappa shape index (κ3) is 3.67. The second-order valence-electron chi connectivity index (χ2n) is 8.20. The first-order chi connectivity index (χ1) is 12.7. The molecule has 0 N–H and O–H groups in total.